The van der Waals surface area contributed by atoms with Gasteiger partial charge >= 0.3 is 0 Å². The molecule has 8 aliphatic carbocycles. The second-order valence-corrected chi connectivity index (χ2v) is 14.7. The molecule has 0 radical (unpaired) electrons. The summed E-state index contributed by atoms with van der Waals surface area (Å²) in [5, 5.41) is 22.8. The lowest BCUT2D eigenvalue weighted by Gasteiger charge is -2.61. The minimum Gasteiger partial charge on any atom is -0.504 e. The van der Waals surface area contributed by atoms with Crippen LogP contribution in [-0.4, -0.2) is 10.2 Å². The molecule has 0 aromatic heterocycles. The minimum absolute atomic E-state index is 0.0269. The molecule has 8 aliphatic rings. The quantitative estimate of drug-likeness (QED) is 0.478. The van der Waals surface area contributed by atoms with Crippen molar-refractivity contribution < 1.29 is 10.2 Å². The van der Waals surface area contributed by atoms with Crippen molar-refractivity contribution in [3.63, 3.8) is 0 Å². The topological polar surface area (TPSA) is 40.5 Å². The monoisotopic (exact) mass is 434 g/mol. The SMILES string of the molecule is CC(C)(C)c1cc(O)c(O)c(C23CC4CC(CC(C4)C2)C3)c1C12CC3CC(CC(C3)C1)C2. The van der Waals surface area contributed by atoms with Crippen LogP contribution in [0, 0.1) is 35.5 Å². The zero-order valence-corrected chi connectivity index (χ0v) is 20.4. The van der Waals surface area contributed by atoms with Crippen LogP contribution in [0.25, 0.3) is 0 Å². The van der Waals surface area contributed by atoms with Gasteiger partial charge in [-0.05, 0) is 141 Å². The van der Waals surface area contributed by atoms with Gasteiger partial charge in [0, 0.05) is 11.0 Å². The summed E-state index contributed by atoms with van der Waals surface area (Å²) in [4.78, 5) is 0. The van der Waals surface area contributed by atoms with Crippen LogP contribution in [0.4, 0.5) is 0 Å². The molecule has 1 aromatic carbocycles. The van der Waals surface area contributed by atoms with Crippen molar-refractivity contribution in [1.82, 2.24) is 0 Å². The maximum absolute atomic E-state index is 11.7. The predicted octanol–water partition coefficient (Wildman–Crippen LogP) is 7.33. The number of hydrogen-bond acceptors (Lipinski definition) is 2. The minimum atomic E-state index is -0.0269. The van der Waals surface area contributed by atoms with E-state index in [1.165, 1.54) is 88.2 Å². The van der Waals surface area contributed by atoms with Crippen LogP contribution in [0.2, 0.25) is 0 Å². The molecule has 0 spiro atoms. The van der Waals surface area contributed by atoms with Crippen LogP contribution in [0.1, 0.15) is 115 Å². The summed E-state index contributed by atoms with van der Waals surface area (Å²) in [6, 6.07) is 1.98. The lowest BCUT2D eigenvalue weighted by Crippen LogP contribution is -2.53. The van der Waals surface area contributed by atoms with E-state index in [0.717, 1.165) is 35.5 Å². The fourth-order valence-electron chi connectivity index (χ4n) is 11.2. The molecule has 32 heavy (non-hydrogen) atoms. The molecule has 174 valence electrons. The van der Waals surface area contributed by atoms with Crippen molar-refractivity contribution in [3.05, 3.63) is 22.8 Å². The number of phenolic OH excluding ortho intramolecular Hbond substituents is 2. The Morgan fingerprint density at radius 1 is 0.625 bits per heavy atom. The van der Waals surface area contributed by atoms with Gasteiger partial charge in [-0.15, -0.1) is 0 Å². The van der Waals surface area contributed by atoms with E-state index in [1.54, 1.807) is 5.56 Å². The second kappa shape index (κ2) is 6.28. The lowest BCUT2D eigenvalue weighted by molar-refractivity contribution is -0.0189. The summed E-state index contributed by atoms with van der Waals surface area (Å²) in [5.74, 6) is 5.58. The molecule has 8 bridgehead atoms. The zero-order valence-electron chi connectivity index (χ0n) is 20.4. The molecule has 1 aromatic rings. The molecule has 8 fully saturated rings. The molecular weight excluding hydrogens is 392 g/mol. The molecule has 0 heterocycles. The molecule has 0 amide bonds. The Balaban J connectivity index is 1.49. The van der Waals surface area contributed by atoms with E-state index in [4.69, 9.17) is 0 Å². The van der Waals surface area contributed by atoms with Crippen molar-refractivity contribution in [2.75, 3.05) is 0 Å². The normalized spacial score (nSPS) is 46.2. The Kier molecular flexibility index (Phi) is 3.96. The lowest BCUT2D eigenvalue weighted by atomic mass is 9.43. The molecular formula is C30H42O2. The van der Waals surface area contributed by atoms with Gasteiger partial charge in [0.2, 0.25) is 0 Å². The van der Waals surface area contributed by atoms with Gasteiger partial charge in [0.15, 0.2) is 11.5 Å². The third-order valence-corrected chi connectivity index (χ3v) is 11.2. The summed E-state index contributed by atoms with van der Waals surface area (Å²) < 4.78 is 0. The summed E-state index contributed by atoms with van der Waals surface area (Å²) in [6.45, 7) is 6.98. The van der Waals surface area contributed by atoms with Gasteiger partial charge < -0.3 is 10.2 Å². The number of aromatic hydroxyl groups is 2. The maximum Gasteiger partial charge on any atom is 0.161 e. The third kappa shape index (κ3) is 2.70. The Hall–Kier alpha value is -1.18. The van der Waals surface area contributed by atoms with Crippen molar-refractivity contribution >= 4 is 0 Å². The van der Waals surface area contributed by atoms with Crippen LogP contribution >= 0.6 is 0 Å². The van der Waals surface area contributed by atoms with Crippen LogP contribution in [0.3, 0.4) is 0 Å². The maximum atomic E-state index is 11.7. The van der Waals surface area contributed by atoms with Gasteiger partial charge in [-0.25, -0.2) is 0 Å². The fraction of sp³-hybridized carbons (Fsp3) is 0.800. The Bertz CT molecular complexity index is 893. The highest BCUT2D eigenvalue weighted by Gasteiger charge is 2.58. The molecule has 2 N–H and O–H groups in total. The average Bonchev–Trinajstić information content (AvgIpc) is 2.66. The first-order valence-electron chi connectivity index (χ1n) is 13.7. The number of benzene rings is 1. The molecule has 0 aliphatic heterocycles. The molecule has 9 rings (SSSR count). The smallest absolute Gasteiger partial charge is 0.161 e. The Labute approximate surface area is 194 Å². The molecule has 0 unspecified atom stereocenters. The van der Waals surface area contributed by atoms with Gasteiger partial charge in [-0.2, -0.15) is 0 Å². The highest BCUT2D eigenvalue weighted by molar-refractivity contribution is 5.61. The van der Waals surface area contributed by atoms with Crippen molar-refractivity contribution in [1.29, 1.82) is 0 Å². The van der Waals surface area contributed by atoms with E-state index in [1.807, 2.05) is 6.07 Å². The van der Waals surface area contributed by atoms with Gasteiger partial charge in [0.25, 0.3) is 0 Å². The Morgan fingerprint density at radius 2 is 0.969 bits per heavy atom. The van der Waals surface area contributed by atoms with Crippen molar-refractivity contribution in [2.24, 2.45) is 35.5 Å². The van der Waals surface area contributed by atoms with Gasteiger partial charge in [-0.3, -0.25) is 0 Å². The summed E-state index contributed by atoms with van der Waals surface area (Å²) in [6.07, 6.45) is 16.3. The largest absolute Gasteiger partial charge is 0.504 e. The van der Waals surface area contributed by atoms with Crippen molar-refractivity contribution in [2.45, 2.75) is 114 Å². The Morgan fingerprint density at radius 3 is 1.31 bits per heavy atom. The number of phenols is 2. The average molecular weight is 435 g/mol. The van der Waals surface area contributed by atoms with Gasteiger partial charge in [-0.1, -0.05) is 20.8 Å². The molecule has 8 saturated carbocycles. The highest BCUT2D eigenvalue weighted by Crippen LogP contribution is 2.68. The predicted molar refractivity (Wildman–Crippen MR) is 128 cm³/mol. The fourth-order valence-corrected chi connectivity index (χ4v) is 11.2. The zero-order chi connectivity index (χ0) is 22.0. The first kappa shape index (κ1) is 20.2. The summed E-state index contributed by atoms with van der Waals surface area (Å²) in [5.41, 5.74) is 4.46. The van der Waals surface area contributed by atoms with E-state index in [0.29, 0.717) is 0 Å². The van der Waals surface area contributed by atoms with Gasteiger partial charge in [0.1, 0.15) is 0 Å². The number of hydrogen-bond donors (Lipinski definition) is 2. The summed E-state index contributed by atoms with van der Waals surface area (Å²) in [7, 11) is 0. The van der Waals surface area contributed by atoms with E-state index < -0.39 is 0 Å². The molecule has 2 nitrogen and oxygen atoms in total. The van der Waals surface area contributed by atoms with E-state index in [2.05, 4.69) is 20.8 Å². The number of rotatable bonds is 2. The van der Waals surface area contributed by atoms with Gasteiger partial charge in [0.05, 0.1) is 0 Å². The first-order chi connectivity index (χ1) is 15.1. The molecule has 0 saturated heterocycles. The molecule has 2 heteroatoms. The molecule has 0 atom stereocenters. The third-order valence-electron chi connectivity index (χ3n) is 11.2. The van der Waals surface area contributed by atoms with Crippen LogP contribution in [0.15, 0.2) is 6.07 Å². The highest BCUT2D eigenvalue weighted by atomic mass is 16.3. The second-order valence-electron chi connectivity index (χ2n) is 14.7. The van der Waals surface area contributed by atoms with E-state index >= 15 is 0 Å². The van der Waals surface area contributed by atoms with E-state index in [9.17, 15) is 10.2 Å². The van der Waals surface area contributed by atoms with E-state index in [-0.39, 0.29) is 27.7 Å². The van der Waals surface area contributed by atoms with Crippen LogP contribution in [0.5, 0.6) is 11.5 Å². The standard InChI is InChI=1S/C30H42O2/c1-28(2,3)23-10-24(31)27(32)26(30-14-20-7-21(15-30)9-22(8-20)16-30)25(23)29-11-17-4-18(12-29)6-19(5-17)13-29/h10,17-22,31-32H,4-9,11-16H2,1-3H3. The van der Waals surface area contributed by atoms with Crippen molar-refractivity contribution in [3.8, 4) is 11.5 Å². The summed E-state index contributed by atoms with van der Waals surface area (Å²) >= 11 is 0. The van der Waals surface area contributed by atoms with Crippen LogP contribution in [-0.2, 0) is 16.2 Å². The first-order valence-corrected chi connectivity index (χ1v) is 13.7. The van der Waals surface area contributed by atoms with Crippen LogP contribution < -0.4 is 0 Å².